The molecule has 1 heterocycles. The Balaban J connectivity index is 2.35. The number of hydrogen-bond donors (Lipinski definition) is 2. The molecule has 0 aromatic carbocycles. The lowest BCUT2D eigenvalue weighted by Crippen LogP contribution is -2.47. The van der Waals surface area contributed by atoms with Crippen LogP contribution in [0.2, 0.25) is 0 Å². The summed E-state index contributed by atoms with van der Waals surface area (Å²) in [6, 6.07) is 0.0544. The summed E-state index contributed by atoms with van der Waals surface area (Å²) < 4.78 is 61.4. The highest BCUT2D eigenvalue weighted by Gasteiger charge is 2.28. The maximum Gasteiger partial charge on any atom is 0.389 e. The Hall–Kier alpha value is -0.340. The number of sulfonamides is 1. The second-order valence-electron chi connectivity index (χ2n) is 4.73. The maximum atomic E-state index is 11.9. The van der Waals surface area contributed by atoms with Crippen molar-refractivity contribution in [2.24, 2.45) is 0 Å². The Bertz CT molecular complexity index is 357. The second kappa shape index (κ2) is 6.21. The molecule has 0 bridgehead atoms. The van der Waals surface area contributed by atoms with Gasteiger partial charge in [0.15, 0.2) is 0 Å². The van der Waals surface area contributed by atoms with E-state index in [1.165, 1.54) is 0 Å². The highest BCUT2D eigenvalue weighted by Crippen LogP contribution is 2.21. The van der Waals surface area contributed by atoms with Crippen molar-refractivity contribution < 1.29 is 21.6 Å². The fourth-order valence-corrected chi connectivity index (χ4v) is 3.38. The summed E-state index contributed by atoms with van der Waals surface area (Å²) >= 11 is 0. The third-order valence-corrected chi connectivity index (χ3v) is 4.36. The Morgan fingerprint density at radius 2 is 2.06 bits per heavy atom. The average molecular weight is 288 g/mol. The molecule has 1 aliphatic rings. The molecular weight excluding hydrogens is 269 g/mol. The first-order chi connectivity index (χ1) is 8.18. The van der Waals surface area contributed by atoms with E-state index in [1.54, 1.807) is 0 Å². The van der Waals surface area contributed by atoms with Crippen LogP contribution in [-0.2, 0) is 10.0 Å². The van der Waals surface area contributed by atoms with Crippen LogP contribution in [0.1, 0.15) is 32.6 Å². The molecule has 4 nitrogen and oxygen atoms in total. The zero-order valence-corrected chi connectivity index (χ0v) is 11.1. The summed E-state index contributed by atoms with van der Waals surface area (Å²) in [5, 5.41) is 3.18. The lowest BCUT2D eigenvalue weighted by atomic mass is 10.0. The molecule has 8 heteroatoms. The van der Waals surface area contributed by atoms with Gasteiger partial charge in [-0.25, -0.2) is 13.1 Å². The monoisotopic (exact) mass is 288 g/mol. The summed E-state index contributed by atoms with van der Waals surface area (Å²) in [6.45, 7) is 2.67. The molecule has 0 spiro atoms. The first-order valence-electron chi connectivity index (χ1n) is 5.98. The van der Waals surface area contributed by atoms with Crippen molar-refractivity contribution in [3.05, 3.63) is 0 Å². The number of halogens is 3. The summed E-state index contributed by atoms with van der Waals surface area (Å²) in [7, 11) is -3.60. The van der Waals surface area contributed by atoms with E-state index in [4.69, 9.17) is 0 Å². The van der Waals surface area contributed by atoms with Crippen LogP contribution in [0.3, 0.4) is 0 Å². The minimum atomic E-state index is -4.29. The SMILES string of the molecule is C[C@@H]1C[C@H](NS(=O)(=O)CCCC(F)(F)F)CCN1. The predicted molar refractivity (Wildman–Crippen MR) is 62.7 cm³/mol. The highest BCUT2D eigenvalue weighted by molar-refractivity contribution is 7.89. The molecule has 0 aliphatic carbocycles. The van der Waals surface area contributed by atoms with Crippen molar-refractivity contribution in [2.75, 3.05) is 12.3 Å². The molecule has 0 radical (unpaired) electrons. The summed E-state index contributed by atoms with van der Waals surface area (Å²) in [4.78, 5) is 0. The number of nitrogens with one attached hydrogen (secondary N) is 2. The van der Waals surface area contributed by atoms with E-state index >= 15 is 0 Å². The van der Waals surface area contributed by atoms with Crippen LogP contribution >= 0.6 is 0 Å². The molecule has 0 saturated carbocycles. The van der Waals surface area contributed by atoms with Gasteiger partial charge < -0.3 is 5.32 Å². The highest BCUT2D eigenvalue weighted by atomic mass is 32.2. The number of piperidine rings is 1. The third-order valence-electron chi connectivity index (χ3n) is 2.84. The molecule has 2 atom stereocenters. The molecule has 1 fully saturated rings. The van der Waals surface area contributed by atoms with E-state index in [0.29, 0.717) is 12.8 Å². The number of alkyl halides is 3. The van der Waals surface area contributed by atoms with Crippen LogP contribution in [0.4, 0.5) is 13.2 Å². The number of hydrogen-bond acceptors (Lipinski definition) is 3. The van der Waals surface area contributed by atoms with Crippen LogP contribution < -0.4 is 10.0 Å². The molecule has 0 unspecified atom stereocenters. The van der Waals surface area contributed by atoms with Gasteiger partial charge in [-0.05, 0) is 32.7 Å². The van der Waals surface area contributed by atoms with Crippen molar-refractivity contribution in [1.29, 1.82) is 0 Å². The van der Waals surface area contributed by atoms with Crippen molar-refractivity contribution in [3.63, 3.8) is 0 Å². The van der Waals surface area contributed by atoms with Gasteiger partial charge in [-0.15, -0.1) is 0 Å². The minimum Gasteiger partial charge on any atom is -0.314 e. The summed E-state index contributed by atoms with van der Waals surface area (Å²) in [5.74, 6) is -0.467. The third kappa shape index (κ3) is 6.55. The molecule has 0 aromatic heterocycles. The van der Waals surface area contributed by atoms with Crippen molar-refractivity contribution in [1.82, 2.24) is 10.0 Å². The van der Waals surface area contributed by atoms with E-state index in [1.807, 2.05) is 6.92 Å². The quantitative estimate of drug-likeness (QED) is 0.804. The van der Waals surface area contributed by atoms with Crippen LogP contribution in [0.15, 0.2) is 0 Å². The lowest BCUT2D eigenvalue weighted by molar-refractivity contribution is -0.134. The summed E-state index contributed by atoms with van der Waals surface area (Å²) in [6.07, 6.45) is -4.41. The van der Waals surface area contributed by atoms with Gasteiger partial charge in [-0.1, -0.05) is 0 Å². The molecule has 1 rings (SSSR count). The fraction of sp³-hybridized carbons (Fsp3) is 1.00. The Kier molecular flexibility index (Phi) is 5.42. The van der Waals surface area contributed by atoms with E-state index in [0.717, 1.165) is 6.54 Å². The van der Waals surface area contributed by atoms with E-state index in [9.17, 15) is 21.6 Å². The Morgan fingerprint density at radius 3 is 2.61 bits per heavy atom. The van der Waals surface area contributed by atoms with Gasteiger partial charge in [0.25, 0.3) is 0 Å². The van der Waals surface area contributed by atoms with Crippen molar-refractivity contribution in [3.8, 4) is 0 Å². The number of rotatable bonds is 5. The van der Waals surface area contributed by atoms with E-state index < -0.39 is 28.4 Å². The topological polar surface area (TPSA) is 58.2 Å². The fourth-order valence-electron chi connectivity index (χ4n) is 2.01. The lowest BCUT2D eigenvalue weighted by Gasteiger charge is -2.28. The molecular formula is C10H19F3N2O2S. The van der Waals surface area contributed by atoms with Gasteiger partial charge in [0.1, 0.15) is 0 Å². The van der Waals surface area contributed by atoms with Gasteiger partial charge in [0.2, 0.25) is 10.0 Å². The molecule has 1 aliphatic heterocycles. The molecule has 108 valence electrons. The van der Waals surface area contributed by atoms with Gasteiger partial charge in [-0.2, -0.15) is 13.2 Å². The second-order valence-corrected chi connectivity index (χ2v) is 6.61. The largest absolute Gasteiger partial charge is 0.389 e. The van der Waals surface area contributed by atoms with Crippen LogP contribution in [0.5, 0.6) is 0 Å². The van der Waals surface area contributed by atoms with E-state index in [2.05, 4.69) is 10.0 Å². The molecule has 2 N–H and O–H groups in total. The van der Waals surface area contributed by atoms with Gasteiger partial charge >= 0.3 is 6.18 Å². The maximum absolute atomic E-state index is 11.9. The zero-order valence-electron chi connectivity index (χ0n) is 10.3. The average Bonchev–Trinajstić information content (AvgIpc) is 2.13. The van der Waals surface area contributed by atoms with Crippen LogP contribution in [0, 0.1) is 0 Å². The molecule has 1 saturated heterocycles. The Morgan fingerprint density at radius 1 is 1.39 bits per heavy atom. The zero-order chi connectivity index (χ0) is 13.8. The predicted octanol–water partition coefficient (Wildman–Crippen LogP) is 1.39. The smallest absolute Gasteiger partial charge is 0.314 e. The minimum absolute atomic E-state index is 0.169. The standard InChI is InChI=1S/C10H19F3N2O2S/c1-8-7-9(3-5-14-8)15-18(16,17)6-2-4-10(11,12)13/h8-9,14-15H,2-7H2,1H3/t8-,9-/m1/s1. The van der Waals surface area contributed by atoms with E-state index in [-0.39, 0.29) is 18.5 Å². The molecule has 0 aromatic rings. The van der Waals surface area contributed by atoms with Gasteiger partial charge in [-0.3, -0.25) is 0 Å². The summed E-state index contributed by atoms with van der Waals surface area (Å²) in [5.41, 5.74) is 0. The first-order valence-corrected chi connectivity index (χ1v) is 7.63. The van der Waals surface area contributed by atoms with Gasteiger partial charge in [0.05, 0.1) is 5.75 Å². The van der Waals surface area contributed by atoms with Crippen molar-refractivity contribution >= 4 is 10.0 Å². The van der Waals surface area contributed by atoms with Crippen LogP contribution in [-0.4, -0.2) is 39.0 Å². The molecule has 0 amide bonds. The first kappa shape index (κ1) is 15.7. The Labute approximate surface area is 105 Å². The molecule has 18 heavy (non-hydrogen) atoms. The normalized spacial score (nSPS) is 26.2. The van der Waals surface area contributed by atoms with Crippen LogP contribution in [0.25, 0.3) is 0 Å². The van der Waals surface area contributed by atoms with Gasteiger partial charge in [0, 0.05) is 18.5 Å². The van der Waals surface area contributed by atoms with Crippen molar-refractivity contribution in [2.45, 2.75) is 50.9 Å².